The molecule has 1 aromatic heterocycles. The molecule has 4 rings (SSSR count). The van der Waals surface area contributed by atoms with Crippen LogP contribution in [0.4, 0.5) is 0 Å². The van der Waals surface area contributed by atoms with Crippen LogP contribution in [0.5, 0.6) is 0 Å². The lowest BCUT2D eigenvalue weighted by Gasteiger charge is -2.34. The number of hydrogen-bond donors (Lipinski definition) is 1. The van der Waals surface area contributed by atoms with Crippen LogP contribution in [0.3, 0.4) is 0 Å². The lowest BCUT2D eigenvalue weighted by molar-refractivity contribution is -0.00704. The summed E-state index contributed by atoms with van der Waals surface area (Å²) in [4.78, 5) is 17.3. The van der Waals surface area contributed by atoms with Gasteiger partial charge in [0.05, 0.1) is 17.9 Å². The van der Waals surface area contributed by atoms with E-state index in [4.69, 9.17) is 4.74 Å². The number of fused-ring (bicyclic) bond motifs is 1. The fraction of sp³-hybridized carbons (Fsp3) is 0.765. The maximum atomic E-state index is 12.9. The fourth-order valence-electron chi connectivity index (χ4n) is 3.80. The van der Waals surface area contributed by atoms with Crippen molar-refractivity contribution in [2.24, 2.45) is 5.92 Å². The van der Waals surface area contributed by atoms with Gasteiger partial charge in [-0.2, -0.15) is 5.10 Å². The number of rotatable bonds is 3. The van der Waals surface area contributed by atoms with Gasteiger partial charge in [-0.1, -0.05) is 0 Å². The third-order valence-corrected chi connectivity index (χ3v) is 5.31. The van der Waals surface area contributed by atoms with Crippen molar-refractivity contribution in [1.29, 1.82) is 0 Å². The molecule has 0 unspecified atom stereocenters. The van der Waals surface area contributed by atoms with E-state index < -0.39 is 0 Å². The Morgan fingerprint density at radius 3 is 2.70 bits per heavy atom. The van der Waals surface area contributed by atoms with Gasteiger partial charge in [0.25, 0.3) is 5.91 Å². The molecule has 2 atom stereocenters. The summed E-state index contributed by atoms with van der Waals surface area (Å²) in [6.07, 6.45) is 3.66. The molecule has 1 aromatic rings. The molecule has 0 aromatic carbocycles. The number of aromatic amines is 1. The zero-order valence-corrected chi connectivity index (χ0v) is 14.0. The summed E-state index contributed by atoms with van der Waals surface area (Å²) >= 11 is 0. The van der Waals surface area contributed by atoms with Crippen LogP contribution in [-0.2, 0) is 11.2 Å². The summed E-state index contributed by atoms with van der Waals surface area (Å²) in [5, 5.41) is 7.35. The molecule has 1 saturated heterocycles. The first kappa shape index (κ1) is 15.1. The van der Waals surface area contributed by atoms with Crippen LogP contribution in [0.25, 0.3) is 0 Å². The topological polar surface area (TPSA) is 61.5 Å². The minimum absolute atomic E-state index is 0.0156. The number of nitrogens with zero attached hydrogens (tertiary/aromatic N) is 3. The lowest BCUT2D eigenvalue weighted by Crippen LogP contribution is -2.49. The SMILES string of the molecule is C[C@@H]1Cc2c(C(=O)N3CCN(CC4CC4)CC3)n[nH]c2[C@H](C)O1. The highest BCUT2D eigenvalue weighted by molar-refractivity contribution is 5.94. The van der Waals surface area contributed by atoms with E-state index in [9.17, 15) is 4.79 Å². The molecule has 23 heavy (non-hydrogen) atoms. The average Bonchev–Trinajstić information content (AvgIpc) is 3.24. The molecule has 0 bridgehead atoms. The number of piperazine rings is 1. The van der Waals surface area contributed by atoms with Crippen LogP contribution in [0, 0.1) is 5.92 Å². The van der Waals surface area contributed by atoms with Crippen LogP contribution in [-0.4, -0.2) is 64.7 Å². The average molecular weight is 318 g/mol. The molecular formula is C17H26N4O2. The van der Waals surface area contributed by atoms with E-state index in [-0.39, 0.29) is 18.1 Å². The molecule has 0 spiro atoms. The van der Waals surface area contributed by atoms with Crippen LogP contribution in [0.2, 0.25) is 0 Å². The number of aromatic nitrogens is 2. The highest BCUT2D eigenvalue weighted by atomic mass is 16.5. The van der Waals surface area contributed by atoms with E-state index in [1.54, 1.807) is 0 Å². The van der Waals surface area contributed by atoms with Crippen LogP contribution in [0.1, 0.15) is 54.5 Å². The van der Waals surface area contributed by atoms with Crippen LogP contribution in [0.15, 0.2) is 0 Å². The first-order valence-electron chi connectivity index (χ1n) is 8.86. The Labute approximate surface area is 137 Å². The van der Waals surface area contributed by atoms with Gasteiger partial charge in [0, 0.05) is 44.7 Å². The van der Waals surface area contributed by atoms with E-state index in [2.05, 4.69) is 22.0 Å². The Balaban J connectivity index is 1.43. The zero-order valence-electron chi connectivity index (χ0n) is 14.0. The molecule has 1 aliphatic carbocycles. The lowest BCUT2D eigenvalue weighted by atomic mass is 9.99. The van der Waals surface area contributed by atoms with Gasteiger partial charge in [-0.15, -0.1) is 0 Å². The standard InChI is InChI=1S/C17H26N4O2/c1-11-9-14-15(12(2)23-11)18-19-16(14)17(22)21-7-5-20(6-8-21)10-13-3-4-13/h11-13H,3-10H2,1-2H3,(H,18,19)/t11-,12+/m1/s1. The highest BCUT2D eigenvalue weighted by Crippen LogP contribution is 2.31. The normalized spacial score (nSPS) is 28.7. The summed E-state index contributed by atoms with van der Waals surface area (Å²) in [5.41, 5.74) is 2.64. The first-order chi connectivity index (χ1) is 11.1. The molecule has 2 fully saturated rings. The first-order valence-corrected chi connectivity index (χ1v) is 8.86. The molecule has 6 heteroatoms. The maximum absolute atomic E-state index is 12.9. The summed E-state index contributed by atoms with van der Waals surface area (Å²) < 4.78 is 5.81. The van der Waals surface area contributed by atoms with Gasteiger partial charge in [-0.05, 0) is 32.6 Å². The van der Waals surface area contributed by atoms with E-state index in [1.165, 1.54) is 19.4 Å². The number of nitrogens with one attached hydrogen (secondary N) is 1. The number of ether oxygens (including phenoxy) is 1. The van der Waals surface area contributed by atoms with Gasteiger partial charge in [0.2, 0.25) is 0 Å². The zero-order chi connectivity index (χ0) is 16.0. The number of carbonyl (C=O) groups excluding carboxylic acids is 1. The molecule has 0 radical (unpaired) electrons. The quantitative estimate of drug-likeness (QED) is 0.919. The van der Waals surface area contributed by atoms with Crippen molar-refractivity contribution in [1.82, 2.24) is 20.0 Å². The van der Waals surface area contributed by atoms with Crippen LogP contribution < -0.4 is 0 Å². The second-order valence-corrected chi connectivity index (χ2v) is 7.29. The Kier molecular flexibility index (Phi) is 3.89. The van der Waals surface area contributed by atoms with Crippen molar-refractivity contribution in [2.45, 2.75) is 45.3 Å². The van der Waals surface area contributed by atoms with Gasteiger partial charge in [0.1, 0.15) is 0 Å². The number of carbonyl (C=O) groups is 1. The summed E-state index contributed by atoms with van der Waals surface area (Å²) in [6, 6.07) is 0. The molecule has 1 amide bonds. The minimum atomic E-state index is -0.0156. The van der Waals surface area contributed by atoms with Gasteiger partial charge in [-0.3, -0.25) is 14.8 Å². The Morgan fingerprint density at radius 2 is 2.00 bits per heavy atom. The highest BCUT2D eigenvalue weighted by Gasteiger charge is 2.33. The third-order valence-electron chi connectivity index (χ3n) is 5.31. The van der Waals surface area contributed by atoms with Gasteiger partial charge in [0.15, 0.2) is 5.69 Å². The second kappa shape index (κ2) is 5.91. The molecule has 6 nitrogen and oxygen atoms in total. The monoisotopic (exact) mass is 318 g/mol. The van der Waals surface area contributed by atoms with Crippen molar-refractivity contribution in [3.05, 3.63) is 17.0 Å². The summed E-state index contributed by atoms with van der Waals surface area (Å²) in [5.74, 6) is 0.994. The van der Waals surface area contributed by atoms with Crippen molar-refractivity contribution >= 4 is 5.91 Å². The van der Waals surface area contributed by atoms with Crippen LogP contribution >= 0.6 is 0 Å². The van der Waals surface area contributed by atoms with E-state index in [0.717, 1.165) is 49.8 Å². The predicted molar refractivity (Wildman–Crippen MR) is 86.3 cm³/mol. The van der Waals surface area contributed by atoms with E-state index >= 15 is 0 Å². The molecule has 126 valence electrons. The number of H-pyrrole nitrogens is 1. The third kappa shape index (κ3) is 3.02. The number of amides is 1. The minimum Gasteiger partial charge on any atom is -0.369 e. The van der Waals surface area contributed by atoms with Crippen molar-refractivity contribution in [3.8, 4) is 0 Å². The molecule has 3 aliphatic rings. The molecule has 1 N–H and O–H groups in total. The van der Waals surface area contributed by atoms with Gasteiger partial charge >= 0.3 is 0 Å². The molecule has 3 heterocycles. The van der Waals surface area contributed by atoms with Crippen molar-refractivity contribution in [2.75, 3.05) is 32.7 Å². The largest absolute Gasteiger partial charge is 0.369 e. The van der Waals surface area contributed by atoms with E-state index in [0.29, 0.717) is 5.69 Å². The molecule has 1 saturated carbocycles. The molecule has 2 aliphatic heterocycles. The molecular weight excluding hydrogens is 292 g/mol. The summed E-state index contributed by atoms with van der Waals surface area (Å²) in [6.45, 7) is 8.89. The smallest absolute Gasteiger partial charge is 0.274 e. The van der Waals surface area contributed by atoms with Crippen molar-refractivity contribution in [3.63, 3.8) is 0 Å². The Morgan fingerprint density at radius 1 is 1.26 bits per heavy atom. The Bertz CT molecular complexity index is 587. The maximum Gasteiger partial charge on any atom is 0.274 e. The summed E-state index contributed by atoms with van der Waals surface area (Å²) in [7, 11) is 0. The number of hydrogen-bond acceptors (Lipinski definition) is 4. The fourth-order valence-corrected chi connectivity index (χ4v) is 3.80. The Hall–Kier alpha value is -1.40. The van der Waals surface area contributed by atoms with Gasteiger partial charge in [-0.25, -0.2) is 0 Å². The van der Waals surface area contributed by atoms with E-state index in [1.807, 2.05) is 11.8 Å². The van der Waals surface area contributed by atoms with Gasteiger partial charge < -0.3 is 9.64 Å². The van der Waals surface area contributed by atoms with Crippen molar-refractivity contribution < 1.29 is 9.53 Å². The predicted octanol–water partition coefficient (Wildman–Crippen LogP) is 1.60. The second-order valence-electron chi connectivity index (χ2n) is 7.29.